The van der Waals surface area contributed by atoms with E-state index in [1.807, 2.05) is 103 Å². The highest BCUT2D eigenvalue weighted by atomic mass is 16.3. The van der Waals surface area contributed by atoms with Crippen molar-refractivity contribution < 1.29 is 9.90 Å². The highest BCUT2D eigenvalue weighted by Gasteiger charge is 2.20. The van der Waals surface area contributed by atoms with Crippen LogP contribution in [0.25, 0.3) is 89.5 Å². The molecule has 9 rings (SSSR count). The SMILES string of the molecule is [2H]c1cc(-c2ccccc2)c2c(oc3c([2H])c([2H])cc(-c4nc(-c5ccc(-c6ccccc6)cc5)nc(-c5cccc(-c6ccccc6)c5)n4)c32)c1[2H]. The molecule has 0 bridgehead atoms. The van der Waals surface area contributed by atoms with Gasteiger partial charge in [0, 0.05) is 27.5 Å². The molecule has 0 atom stereocenters. The van der Waals surface area contributed by atoms with E-state index >= 15 is 0 Å². The number of fused-ring (bicyclic) bond motifs is 3. The molecule has 9 aromatic rings. The van der Waals surface area contributed by atoms with Crippen molar-refractivity contribution in [3.05, 3.63) is 176 Å². The lowest BCUT2D eigenvalue weighted by Gasteiger charge is -2.11. The first-order chi connectivity index (χ1) is 25.9. The average molecular weight is 632 g/mol. The minimum Gasteiger partial charge on any atom is -0.456 e. The molecule has 0 saturated heterocycles. The number of nitrogens with zero attached hydrogens (tertiary/aromatic N) is 3. The molecule has 4 heteroatoms. The summed E-state index contributed by atoms with van der Waals surface area (Å²) in [6, 6.07) is 49.0. The zero-order valence-electron chi connectivity index (χ0n) is 30.2. The Morgan fingerprint density at radius 2 is 0.816 bits per heavy atom. The van der Waals surface area contributed by atoms with Crippen molar-refractivity contribution in [2.24, 2.45) is 0 Å². The van der Waals surface area contributed by atoms with Crippen LogP contribution >= 0.6 is 0 Å². The zero-order chi connectivity index (χ0) is 36.1. The van der Waals surface area contributed by atoms with E-state index < -0.39 is 0 Å². The normalized spacial score (nSPS) is 12.4. The third-order valence-corrected chi connectivity index (χ3v) is 8.69. The second kappa shape index (κ2) is 12.2. The lowest BCUT2D eigenvalue weighted by Crippen LogP contribution is -2.00. The summed E-state index contributed by atoms with van der Waals surface area (Å²) in [6.07, 6.45) is 0. The molecule has 2 aromatic heterocycles. The van der Waals surface area contributed by atoms with Gasteiger partial charge in [-0.2, -0.15) is 0 Å². The van der Waals surface area contributed by atoms with E-state index in [4.69, 9.17) is 24.9 Å². The summed E-state index contributed by atoms with van der Waals surface area (Å²) in [5, 5.41) is 1.08. The van der Waals surface area contributed by atoms with E-state index in [1.54, 1.807) is 12.1 Å². The number of hydrogen-bond donors (Lipinski definition) is 0. The largest absolute Gasteiger partial charge is 0.456 e. The fraction of sp³-hybridized carbons (Fsp3) is 0. The highest BCUT2D eigenvalue weighted by molar-refractivity contribution is 6.17. The van der Waals surface area contributed by atoms with Crippen LogP contribution in [0.5, 0.6) is 0 Å². The molecule has 0 aliphatic carbocycles. The molecule has 0 aliphatic rings. The monoisotopic (exact) mass is 631 g/mol. The molecule has 230 valence electrons. The van der Waals surface area contributed by atoms with Gasteiger partial charge in [0.25, 0.3) is 0 Å². The summed E-state index contributed by atoms with van der Waals surface area (Å²) in [5.74, 6) is 1.18. The lowest BCUT2D eigenvalue weighted by atomic mass is 9.97. The van der Waals surface area contributed by atoms with Gasteiger partial charge in [-0.1, -0.05) is 158 Å². The fourth-order valence-electron chi connectivity index (χ4n) is 6.30. The quantitative estimate of drug-likeness (QED) is 0.183. The molecule has 2 heterocycles. The molecule has 0 spiro atoms. The Kier molecular flexibility index (Phi) is 6.09. The van der Waals surface area contributed by atoms with E-state index in [0.717, 1.165) is 38.9 Å². The zero-order valence-corrected chi connectivity index (χ0v) is 26.2. The Bertz CT molecular complexity index is 2810. The first-order valence-electron chi connectivity index (χ1n) is 18.0. The maximum Gasteiger partial charge on any atom is 0.164 e. The Morgan fingerprint density at radius 3 is 1.47 bits per heavy atom. The van der Waals surface area contributed by atoms with Gasteiger partial charge in [0.1, 0.15) is 11.2 Å². The average Bonchev–Trinajstić information content (AvgIpc) is 3.63. The van der Waals surface area contributed by atoms with Crippen molar-refractivity contribution in [3.63, 3.8) is 0 Å². The first kappa shape index (κ1) is 24.5. The van der Waals surface area contributed by atoms with Crippen molar-refractivity contribution in [1.82, 2.24) is 15.0 Å². The summed E-state index contributed by atoms with van der Waals surface area (Å²) >= 11 is 0. The second-order valence-electron chi connectivity index (χ2n) is 11.7. The van der Waals surface area contributed by atoms with E-state index in [1.165, 1.54) is 0 Å². The first-order valence-corrected chi connectivity index (χ1v) is 16.0. The molecule has 0 unspecified atom stereocenters. The Hall–Kier alpha value is -6.65. The van der Waals surface area contributed by atoms with E-state index in [0.29, 0.717) is 39.4 Å². The van der Waals surface area contributed by atoms with E-state index in [2.05, 4.69) is 36.4 Å². The molecular weight excluding hydrogens is 599 g/mol. The van der Waals surface area contributed by atoms with Gasteiger partial charge < -0.3 is 4.42 Å². The van der Waals surface area contributed by atoms with Crippen LogP contribution in [0.1, 0.15) is 5.48 Å². The summed E-state index contributed by atoms with van der Waals surface area (Å²) in [7, 11) is 0. The Morgan fingerprint density at radius 1 is 0.367 bits per heavy atom. The van der Waals surface area contributed by atoms with Gasteiger partial charge in [-0.05, 0) is 51.5 Å². The van der Waals surface area contributed by atoms with Crippen LogP contribution in [-0.4, -0.2) is 15.0 Å². The lowest BCUT2D eigenvalue weighted by molar-refractivity contribution is 0.669. The minimum atomic E-state index is -0.119. The molecule has 0 aliphatic heterocycles. The summed E-state index contributed by atoms with van der Waals surface area (Å²) in [4.78, 5) is 15.1. The van der Waals surface area contributed by atoms with Gasteiger partial charge in [0.05, 0.1) is 5.48 Å². The predicted octanol–water partition coefficient (Wildman–Crippen LogP) is 11.8. The Labute approximate surface area is 289 Å². The molecule has 7 aromatic carbocycles. The predicted molar refractivity (Wildman–Crippen MR) is 200 cm³/mol. The van der Waals surface area contributed by atoms with Gasteiger partial charge in [-0.3, -0.25) is 0 Å². The van der Waals surface area contributed by atoms with Crippen LogP contribution in [0, 0.1) is 0 Å². The molecule has 49 heavy (non-hydrogen) atoms. The molecule has 0 fully saturated rings. The Balaban J connectivity index is 1.32. The van der Waals surface area contributed by atoms with E-state index in [9.17, 15) is 0 Å². The van der Waals surface area contributed by atoms with Gasteiger partial charge in [-0.25, -0.2) is 15.0 Å². The third-order valence-electron chi connectivity index (χ3n) is 8.69. The molecule has 0 amide bonds. The van der Waals surface area contributed by atoms with Gasteiger partial charge in [0.2, 0.25) is 0 Å². The van der Waals surface area contributed by atoms with Crippen molar-refractivity contribution in [2.75, 3.05) is 0 Å². The van der Waals surface area contributed by atoms with Crippen LogP contribution in [0.3, 0.4) is 0 Å². The third kappa shape index (κ3) is 5.35. The van der Waals surface area contributed by atoms with Crippen molar-refractivity contribution in [2.45, 2.75) is 0 Å². The van der Waals surface area contributed by atoms with Crippen molar-refractivity contribution in [1.29, 1.82) is 0 Å². The number of aromatic nitrogens is 3. The van der Waals surface area contributed by atoms with Crippen LogP contribution in [-0.2, 0) is 0 Å². The maximum atomic E-state index is 8.89. The minimum absolute atomic E-state index is 0.00318. The molecule has 0 radical (unpaired) electrons. The van der Waals surface area contributed by atoms with Crippen molar-refractivity contribution in [3.8, 4) is 67.5 Å². The molecular formula is C45H29N3O. The number of rotatable bonds is 6. The molecule has 0 N–H and O–H groups in total. The highest BCUT2D eigenvalue weighted by Crippen LogP contribution is 2.41. The topological polar surface area (TPSA) is 51.8 Å². The van der Waals surface area contributed by atoms with Crippen molar-refractivity contribution >= 4 is 21.9 Å². The van der Waals surface area contributed by atoms with Crippen LogP contribution in [0.4, 0.5) is 0 Å². The van der Waals surface area contributed by atoms with Crippen LogP contribution < -0.4 is 0 Å². The summed E-state index contributed by atoms with van der Waals surface area (Å²) in [6.45, 7) is 0. The second-order valence-corrected chi connectivity index (χ2v) is 11.7. The summed E-state index contributed by atoms with van der Waals surface area (Å²) < 4.78 is 41.4. The standard InChI is InChI=1S/C45H29N3O/c1-4-13-30(14-5-1)32-25-27-34(28-26-32)43-46-44(36-20-10-19-35(29-36)31-15-6-2-7-16-31)48-45(47-43)38-22-12-24-40-42(38)41-37(21-11-23-39(41)49-40)33-17-8-3-9-18-33/h1-29H/i11D,12D,23D,24D. The van der Waals surface area contributed by atoms with Crippen LogP contribution in [0.2, 0.25) is 0 Å². The van der Waals surface area contributed by atoms with Gasteiger partial charge in [-0.15, -0.1) is 0 Å². The molecule has 0 saturated carbocycles. The maximum absolute atomic E-state index is 8.89. The van der Waals surface area contributed by atoms with E-state index in [-0.39, 0.29) is 35.3 Å². The van der Waals surface area contributed by atoms with Crippen LogP contribution in [0.15, 0.2) is 180 Å². The molecule has 4 nitrogen and oxygen atoms in total. The smallest absolute Gasteiger partial charge is 0.164 e. The number of furan rings is 1. The van der Waals surface area contributed by atoms with Gasteiger partial charge in [0.15, 0.2) is 17.5 Å². The number of benzene rings is 7. The van der Waals surface area contributed by atoms with Gasteiger partial charge >= 0.3 is 0 Å². The summed E-state index contributed by atoms with van der Waals surface area (Å²) in [5.41, 5.74) is 8.08. The number of hydrogen-bond acceptors (Lipinski definition) is 4. The fourth-order valence-corrected chi connectivity index (χ4v) is 6.30.